The highest BCUT2D eigenvalue weighted by atomic mass is 31.2. The Morgan fingerprint density at radius 1 is 0.500 bits per heavy atom. The van der Waals surface area contributed by atoms with E-state index < -0.39 is 126 Å². The van der Waals surface area contributed by atoms with Gasteiger partial charge in [0.15, 0.2) is 6.23 Å². The van der Waals surface area contributed by atoms with Crippen molar-refractivity contribution in [2.45, 2.75) is 161 Å². The number of aliphatic hydroxyl groups excluding tert-OH is 2. The Morgan fingerprint density at radius 3 is 1.36 bits per heavy atom. The monoisotopic (exact) mass is 1450 g/mol. The molecule has 2 aromatic heterocycles. The van der Waals surface area contributed by atoms with Crippen LogP contribution in [0.5, 0.6) is 0 Å². The minimum absolute atomic E-state index is 0.00185. The topological polar surface area (TPSA) is 522 Å². The molecule has 2 saturated heterocycles. The maximum Gasteiger partial charge on any atom is 0.472 e. The van der Waals surface area contributed by atoms with Crippen molar-refractivity contribution >= 4 is 46.9 Å². The summed E-state index contributed by atoms with van der Waals surface area (Å²) in [5.41, 5.74) is -2.61. The van der Waals surface area contributed by atoms with Crippen molar-refractivity contribution in [3.8, 4) is 0 Å². The highest BCUT2D eigenvalue weighted by molar-refractivity contribution is 7.48. The van der Waals surface area contributed by atoms with Crippen molar-refractivity contribution in [2.24, 2.45) is 0 Å². The number of phosphoric acid groups is 6. The van der Waals surface area contributed by atoms with Gasteiger partial charge >= 0.3 is 58.3 Å². The summed E-state index contributed by atoms with van der Waals surface area (Å²) in [6, 6.07) is 1.04. The predicted molar refractivity (Wildman–Crippen MR) is 322 cm³/mol. The average Bonchev–Trinajstić information content (AvgIpc) is 1.69. The van der Waals surface area contributed by atoms with Crippen molar-refractivity contribution in [3.05, 3.63) is 65.7 Å². The Kier molecular flexibility index (Phi) is 41.7. The van der Waals surface area contributed by atoms with E-state index in [-0.39, 0.29) is 97.7 Å². The number of phosphoric ester groups is 6. The molecule has 7 unspecified atom stereocenters. The second kappa shape index (κ2) is 44.6. The minimum Gasteiger partial charge on any atom is -0.396 e. The van der Waals surface area contributed by atoms with Gasteiger partial charge in [0.1, 0.15) is 36.7 Å². The van der Waals surface area contributed by atoms with Gasteiger partial charge in [-0.1, -0.05) is 53.4 Å². The number of aromatic nitrogens is 4. The first-order valence-electron chi connectivity index (χ1n) is 29.4. The Labute approximate surface area is 530 Å². The third-order valence-corrected chi connectivity index (χ3v) is 18.3. The van der Waals surface area contributed by atoms with Crippen LogP contribution in [0.3, 0.4) is 0 Å². The lowest BCUT2D eigenvalue weighted by Gasteiger charge is -2.25. The highest BCUT2D eigenvalue weighted by Gasteiger charge is 2.51. The van der Waals surface area contributed by atoms with Gasteiger partial charge < -0.3 is 58.5 Å². The van der Waals surface area contributed by atoms with E-state index in [0.717, 1.165) is 47.1 Å². The molecular formula is C48H92N4O34P6. The van der Waals surface area contributed by atoms with Gasteiger partial charge in [-0.3, -0.25) is 83.0 Å². The van der Waals surface area contributed by atoms with Crippen LogP contribution < -0.4 is 22.5 Å². The molecule has 0 spiro atoms. The zero-order valence-electron chi connectivity index (χ0n) is 52.1. The van der Waals surface area contributed by atoms with Crippen LogP contribution in [0, 0.1) is 6.92 Å². The normalized spacial score (nSPS) is 23.0. The summed E-state index contributed by atoms with van der Waals surface area (Å²) in [6.07, 6.45) is 0.624. The molecule has 2 fully saturated rings. The number of nitrogens with one attached hydrogen (secondary N) is 2. The smallest absolute Gasteiger partial charge is 0.396 e. The lowest BCUT2D eigenvalue weighted by Crippen LogP contribution is -2.40. The molecule has 0 aromatic carbocycles. The van der Waals surface area contributed by atoms with E-state index in [0.29, 0.717) is 44.9 Å². The number of aliphatic hydroxyl groups is 2. The predicted octanol–water partition coefficient (Wildman–Crippen LogP) is 4.87. The molecule has 538 valence electrons. The maximum absolute atomic E-state index is 12.5. The van der Waals surface area contributed by atoms with Crippen LogP contribution >= 0.6 is 46.9 Å². The van der Waals surface area contributed by atoms with E-state index in [2.05, 4.69) is 14.0 Å². The fraction of sp³-hybridized carbons (Fsp3) is 0.833. The first kappa shape index (κ1) is 85.9. The summed E-state index contributed by atoms with van der Waals surface area (Å²) < 4.78 is 155. The van der Waals surface area contributed by atoms with Gasteiger partial charge in [-0.15, -0.1) is 0 Å². The molecule has 0 radical (unpaired) electrons. The summed E-state index contributed by atoms with van der Waals surface area (Å²) in [5.74, 6) is 0. The molecule has 4 heterocycles. The molecule has 13 atom stereocenters. The molecule has 2 aliphatic rings. The standard InChI is InChI=1S/C18H32N2O14P2.C18H32N2O11P2.C12H28O9P2/c1-29-16-15(34-36(27,28)31-11-5-3-9-22)13(12-32-35(25,26)30-10-4-2-8-21)33-17(16)20-7-6-14(23)19-18(20)24;1-4-6-8-27-32(23,24)29-12-15-14(31-33(25,26)28-9-7-5-2)10-16(30-15)20-11-13(3)17(21)19-18(20)22;1-3-5-7-18-22(13,14)20-11-9-17-10-12-21-23(15,16)19-8-6-4-2/h6-7,13,15-17,21-22H,2-5,8-12H2,1H3,(H,25,26)(H,27,28)(H,19,23,24);11,14-16H,4-10,12H2,1-3H3,(H,23,24)(H,25,26)(H,19,21,22);3-12H2,1-2H3,(H,13,14)(H,15,16)/t13-,15+,16?,17-;14-,15-,16-;/m11./s1. The molecule has 92 heavy (non-hydrogen) atoms. The van der Waals surface area contributed by atoms with Crippen LogP contribution in [0.2, 0.25) is 0 Å². The van der Waals surface area contributed by atoms with Crippen molar-refractivity contribution in [1.29, 1.82) is 0 Å². The Hall–Kier alpha value is -2.22. The van der Waals surface area contributed by atoms with Gasteiger partial charge in [-0.05, 0) is 58.3 Å². The lowest BCUT2D eigenvalue weighted by molar-refractivity contribution is -0.0626. The zero-order valence-corrected chi connectivity index (χ0v) is 57.5. The highest BCUT2D eigenvalue weighted by Crippen LogP contribution is 2.52. The second-order valence-corrected chi connectivity index (χ2v) is 28.4. The summed E-state index contributed by atoms with van der Waals surface area (Å²) >= 11 is 0. The van der Waals surface area contributed by atoms with E-state index in [9.17, 15) is 75.9 Å². The number of methoxy groups -OCH3 is 1. The molecule has 44 heteroatoms. The van der Waals surface area contributed by atoms with Gasteiger partial charge in [0.05, 0.1) is 79.3 Å². The van der Waals surface area contributed by atoms with Crippen LogP contribution in [0.25, 0.3) is 0 Å². The van der Waals surface area contributed by atoms with E-state index in [1.54, 1.807) is 0 Å². The minimum atomic E-state index is -4.73. The third-order valence-electron chi connectivity index (χ3n) is 12.2. The number of rotatable bonds is 47. The Morgan fingerprint density at radius 2 is 0.913 bits per heavy atom. The molecule has 0 aliphatic carbocycles. The quantitative estimate of drug-likeness (QED) is 0.0312. The molecule has 0 saturated carbocycles. The maximum atomic E-state index is 12.5. The van der Waals surface area contributed by atoms with Crippen molar-refractivity contribution in [3.63, 3.8) is 0 Å². The van der Waals surface area contributed by atoms with Crippen molar-refractivity contribution in [2.75, 3.05) is 99.6 Å². The lowest BCUT2D eigenvalue weighted by atomic mass is 10.1. The summed E-state index contributed by atoms with van der Waals surface area (Å²) in [5, 5.41) is 17.6. The largest absolute Gasteiger partial charge is 0.472 e. The number of unbranched alkanes of at least 4 members (excludes halogenated alkanes) is 6. The Balaban J connectivity index is 0.000000482. The van der Waals surface area contributed by atoms with Gasteiger partial charge in [-0.25, -0.2) is 37.0 Å². The number of nitrogens with zero attached hydrogens (tertiary/aromatic N) is 2. The first-order valence-corrected chi connectivity index (χ1v) is 38.4. The van der Waals surface area contributed by atoms with Crippen LogP contribution in [0.1, 0.15) is 129 Å². The number of aromatic amines is 2. The SMILES string of the molecule is CCCCOP(=O)(O)OCCOCCOP(=O)(O)OCCCC.CCCCOP(=O)(O)OC[C@H]1O[C@@H](n2cc(C)c(=O)[nH]c2=O)C[C@H]1OP(=O)(O)OCCCC.COC1[C@@H](OP(=O)(O)OCCCCO)[C@@H](COP(=O)(O)OCCCCO)O[C@H]1n1ccc(=O)[nH]c1=O. The van der Waals surface area contributed by atoms with Gasteiger partial charge in [-0.2, -0.15) is 0 Å². The van der Waals surface area contributed by atoms with Gasteiger partial charge in [0.2, 0.25) is 0 Å². The van der Waals surface area contributed by atoms with Gasteiger partial charge in [0.25, 0.3) is 11.1 Å². The second-order valence-electron chi connectivity index (χ2n) is 19.8. The zero-order chi connectivity index (χ0) is 69.0. The first-order chi connectivity index (χ1) is 43.3. The molecule has 2 aromatic rings. The van der Waals surface area contributed by atoms with Crippen LogP contribution in [-0.2, 0) is 101 Å². The van der Waals surface area contributed by atoms with Crippen molar-refractivity contribution in [1.82, 2.24) is 19.1 Å². The fourth-order valence-electron chi connectivity index (χ4n) is 7.48. The third kappa shape index (κ3) is 35.3. The summed E-state index contributed by atoms with van der Waals surface area (Å²) in [4.78, 5) is 110. The number of hydrogen-bond acceptors (Lipinski definition) is 28. The van der Waals surface area contributed by atoms with Crippen LogP contribution in [0.15, 0.2) is 37.6 Å². The van der Waals surface area contributed by atoms with E-state index in [4.69, 9.17) is 74.4 Å². The number of hydrogen-bond donors (Lipinski definition) is 10. The molecule has 4 rings (SSSR count). The van der Waals surface area contributed by atoms with Crippen LogP contribution in [0.4, 0.5) is 0 Å². The molecule has 38 nitrogen and oxygen atoms in total. The van der Waals surface area contributed by atoms with E-state index >= 15 is 0 Å². The van der Waals surface area contributed by atoms with Crippen molar-refractivity contribution < 1.29 is 140 Å². The average molecular weight is 1460 g/mol. The Bertz CT molecular complexity index is 2920. The van der Waals surface area contributed by atoms with Crippen LogP contribution in [-0.4, -0.2) is 189 Å². The molecule has 0 bridgehead atoms. The van der Waals surface area contributed by atoms with Gasteiger partial charge in [0, 0.05) is 50.8 Å². The molecule has 2 aliphatic heterocycles. The fourth-order valence-corrected chi connectivity index (χ4v) is 12.5. The van der Waals surface area contributed by atoms with E-state index in [1.807, 2.05) is 32.7 Å². The molecule has 0 amide bonds. The summed E-state index contributed by atoms with van der Waals surface area (Å²) in [7, 11) is -25.1. The summed E-state index contributed by atoms with van der Waals surface area (Å²) in [6.45, 7) is 7.38. The number of aryl methyl sites for hydroxylation is 1. The molecular weight excluding hydrogens is 1360 g/mol. The number of H-pyrrole nitrogens is 2. The molecule has 10 N–H and O–H groups in total. The number of ether oxygens (including phenoxy) is 4. The van der Waals surface area contributed by atoms with E-state index in [1.165, 1.54) is 20.2 Å².